The molecule has 0 N–H and O–H groups in total. The molecule has 0 saturated carbocycles. The van der Waals surface area contributed by atoms with Gasteiger partial charge in [0.1, 0.15) is 0 Å². The number of carbonyl (C=O) groups is 1. The zero-order chi connectivity index (χ0) is 12.1. The zero-order valence-electron chi connectivity index (χ0n) is 10.1. The first kappa shape index (κ1) is 11.7. The van der Waals surface area contributed by atoms with Crippen molar-refractivity contribution in [2.45, 2.75) is 26.3 Å². The smallest absolute Gasteiger partial charge is 0.414 e. The van der Waals surface area contributed by atoms with Gasteiger partial charge in [-0.15, -0.1) is 0 Å². The molecule has 0 aliphatic carbocycles. The second-order valence-corrected chi connectivity index (χ2v) is 4.11. The molecule has 0 bridgehead atoms. The maximum absolute atomic E-state index is 11.7. The fraction of sp³-hybridized carbons (Fsp3) is 0.357. The number of benzene rings is 1. The van der Waals surface area contributed by atoms with Crippen molar-refractivity contribution < 1.29 is 9.53 Å². The van der Waals surface area contributed by atoms with Gasteiger partial charge in [-0.25, -0.2) is 4.79 Å². The summed E-state index contributed by atoms with van der Waals surface area (Å²) < 4.78 is 5.17. The molecule has 1 aliphatic heterocycles. The standard InChI is InChI=1S/C14H17NO2/c1-2-3-10-17-14(16)15-9-8-12-6-4-5-7-13(12)11-15/h4-9H,2-3,10-11H2,1H3. The van der Waals surface area contributed by atoms with Gasteiger partial charge in [-0.2, -0.15) is 0 Å². The lowest BCUT2D eigenvalue weighted by Gasteiger charge is -2.22. The highest BCUT2D eigenvalue weighted by molar-refractivity contribution is 5.72. The first-order chi connectivity index (χ1) is 8.31. The Morgan fingerprint density at radius 2 is 2.24 bits per heavy atom. The molecule has 3 nitrogen and oxygen atoms in total. The van der Waals surface area contributed by atoms with Crippen LogP contribution in [0, 0.1) is 0 Å². The predicted octanol–water partition coefficient (Wildman–Crippen LogP) is 3.41. The number of hydrogen-bond acceptors (Lipinski definition) is 2. The van der Waals surface area contributed by atoms with Crippen molar-refractivity contribution in [3.63, 3.8) is 0 Å². The normalized spacial score (nSPS) is 13.4. The van der Waals surface area contributed by atoms with Crippen LogP contribution in [-0.4, -0.2) is 17.6 Å². The fourth-order valence-corrected chi connectivity index (χ4v) is 1.76. The molecule has 0 spiro atoms. The number of amides is 1. The number of carbonyl (C=O) groups excluding carboxylic acids is 1. The van der Waals surface area contributed by atoms with Crippen molar-refractivity contribution in [2.24, 2.45) is 0 Å². The van der Waals surface area contributed by atoms with Gasteiger partial charge in [0, 0.05) is 6.20 Å². The molecule has 0 radical (unpaired) electrons. The van der Waals surface area contributed by atoms with E-state index >= 15 is 0 Å². The minimum atomic E-state index is -0.260. The topological polar surface area (TPSA) is 29.5 Å². The number of unbranched alkanes of at least 4 members (excludes halogenated alkanes) is 1. The molecule has 0 atom stereocenters. The van der Waals surface area contributed by atoms with Crippen molar-refractivity contribution in [3.05, 3.63) is 41.6 Å². The quantitative estimate of drug-likeness (QED) is 0.746. The van der Waals surface area contributed by atoms with Gasteiger partial charge in [-0.3, -0.25) is 4.90 Å². The van der Waals surface area contributed by atoms with Gasteiger partial charge in [-0.1, -0.05) is 37.6 Å². The minimum Gasteiger partial charge on any atom is -0.449 e. The predicted molar refractivity (Wildman–Crippen MR) is 67.3 cm³/mol. The van der Waals surface area contributed by atoms with Crippen molar-refractivity contribution in [2.75, 3.05) is 6.61 Å². The van der Waals surface area contributed by atoms with Crippen LogP contribution in [0.25, 0.3) is 6.08 Å². The third-order valence-corrected chi connectivity index (χ3v) is 2.79. The Hall–Kier alpha value is -1.77. The summed E-state index contributed by atoms with van der Waals surface area (Å²) in [6.45, 7) is 3.17. The van der Waals surface area contributed by atoms with Crippen LogP contribution < -0.4 is 0 Å². The number of fused-ring (bicyclic) bond motifs is 1. The molecule has 3 heteroatoms. The minimum absolute atomic E-state index is 0.260. The molecule has 90 valence electrons. The first-order valence-electron chi connectivity index (χ1n) is 6.00. The van der Waals surface area contributed by atoms with Gasteiger partial charge in [0.05, 0.1) is 13.2 Å². The third-order valence-electron chi connectivity index (χ3n) is 2.79. The Labute approximate surface area is 102 Å². The fourth-order valence-electron chi connectivity index (χ4n) is 1.76. The summed E-state index contributed by atoms with van der Waals surface area (Å²) in [6, 6.07) is 8.06. The van der Waals surface area contributed by atoms with Crippen molar-refractivity contribution in [1.82, 2.24) is 4.90 Å². The zero-order valence-corrected chi connectivity index (χ0v) is 10.1. The Kier molecular flexibility index (Phi) is 3.81. The largest absolute Gasteiger partial charge is 0.449 e. The molecule has 0 saturated heterocycles. The lowest BCUT2D eigenvalue weighted by Crippen LogP contribution is -2.28. The summed E-state index contributed by atoms with van der Waals surface area (Å²) >= 11 is 0. The van der Waals surface area contributed by atoms with Crippen LogP contribution in [0.15, 0.2) is 30.5 Å². The molecule has 0 fully saturated rings. The summed E-state index contributed by atoms with van der Waals surface area (Å²) in [4.78, 5) is 13.3. The highest BCUT2D eigenvalue weighted by atomic mass is 16.6. The maximum atomic E-state index is 11.7. The molecule has 17 heavy (non-hydrogen) atoms. The number of ether oxygens (including phenoxy) is 1. The van der Waals surface area contributed by atoms with Crippen LogP contribution >= 0.6 is 0 Å². The van der Waals surface area contributed by atoms with E-state index in [0.717, 1.165) is 18.4 Å². The van der Waals surface area contributed by atoms with Crippen molar-refractivity contribution >= 4 is 12.2 Å². The van der Waals surface area contributed by atoms with Gasteiger partial charge < -0.3 is 4.74 Å². The highest BCUT2D eigenvalue weighted by Gasteiger charge is 2.17. The van der Waals surface area contributed by atoms with E-state index in [9.17, 15) is 4.79 Å². The van der Waals surface area contributed by atoms with Crippen LogP contribution in [0.2, 0.25) is 0 Å². The van der Waals surface area contributed by atoms with Gasteiger partial charge in [0.15, 0.2) is 0 Å². The van der Waals surface area contributed by atoms with E-state index in [2.05, 4.69) is 6.92 Å². The Bertz CT molecular complexity index is 426. The van der Waals surface area contributed by atoms with Crippen LogP contribution in [-0.2, 0) is 11.3 Å². The van der Waals surface area contributed by atoms with Crippen LogP contribution in [0.1, 0.15) is 30.9 Å². The summed E-state index contributed by atoms with van der Waals surface area (Å²) in [7, 11) is 0. The Morgan fingerprint density at radius 1 is 1.41 bits per heavy atom. The molecule has 1 aromatic carbocycles. The number of hydrogen-bond donors (Lipinski definition) is 0. The lowest BCUT2D eigenvalue weighted by molar-refractivity contribution is 0.113. The molecular weight excluding hydrogens is 214 g/mol. The van der Waals surface area contributed by atoms with E-state index in [-0.39, 0.29) is 6.09 Å². The molecule has 1 amide bonds. The summed E-state index contributed by atoms with van der Waals surface area (Å²) in [5.74, 6) is 0. The van der Waals surface area contributed by atoms with Crippen LogP contribution in [0.4, 0.5) is 4.79 Å². The van der Waals surface area contributed by atoms with E-state index in [1.54, 1.807) is 11.1 Å². The van der Waals surface area contributed by atoms with Gasteiger partial charge in [0.25, 0.3) is 0 Å². The summed E-state index contributed by atoms with van der Waals surface area (Å²) in [5, 5.41) is 0. The van der Waals surface area contributed by atoms with Crippen LogP contribution in [0.5, 0.6) is 0 Å². The Balaban J connectivity index is 1.96. The van der Waals surface area contributed by atoms with E-state index in [0.29, 0.717) is 13.2 Å². The summed E-state index contributed by atoms with van der Waals surface area (Å²) in [5.41, 5.74) is 2.33. The Morgan fingerprint density at radius 3 is 3.06 bits per heavy atom. The first-order valence-corrected chi connectivity index (χ1v) is 6.00. The maximum Gasteiger partial charge on any atom is 0.414 e. The lowest BCUT2D eigenvalue weighted by atomic mass is 10.1. The summed E-state index contributed by atoms with van der Waals surface area (Å²) in [6.07, 6.45) is 5.42. The van der Waals surface area contributed by atoms with Crippen molar-refractivity contribution in [3.8, 4) is 0 Å². The molecule has 2 rings (SSSR count). The van der Waals surface area contributed by atoms with Crippen LogP contribution in [0.3, 0.4) is 0 Å². The second-order valence-electron chi connectivity index (χ2n) is 4.11. The highest BCUT2D eigenvalue weighted by Crippen LogP contribution is 2.19. The van der Waals surface area contributed by atoms with E-state index < -0.39 is 0 Å². The van der Waals surface area contributed by atoms with E-state index in [4.69, 9.17) is 4.74 Å². The molecular formula is C14H17NO2. The second kappa shape index (κ2) is 5.53. The third kappa shape index (κ3) is 2.87. The monoisotopic (exact) mass is 231 g/mol. The number of rotatable bonds is 3. The van der Waals surface area contributed by atoms with Gasteiger partial charge in [0.2, 0.25) is 0 Å². The van der Waals surface area contributed by atoms with E-state index in [1.807, 2.05) is 30.3 Å². The average Bonchev–Trinajstić information content (AvgIpc) is 2.38. The molecule has 0 unspecified atom stereocenters. The van der Waals surface area contributed by atoms with E-state index in [1.165, 1.54) is 5.56 Å². The van der Waals surface area contributed by atoms with Crippen molar-refractivity contribution in [1.29, 1.82) is 0 Å². The molecule has 1 heterocycles. The molecule has 1 aliphatic rings. The molecule has 0 aromatic heterocycles. The van der Waals surface area contributed by atoms with Gasteiger partial charge >= 0.3 is 6.09 Å². The SMILES string of the molecule is CCCCOC(=O)N1C=Cc2ccccc2C1. The number of nitrogens with zero attached hydrogens (tertiary/aromatic N) is 1. The van der Waals surface area contributed by atoms with Gasteiger partial charge in [-0.05, 0) is 23.6 Å². The molecule has 1 aromatic rings. The average molecular weight is 231 g/mol.